The lowest BCUT2D eigenvalue weighted by Gasteiger charge is -2.20. The number of nitrogens with zero attached hydrogens (tertiary/aromatic N) is 1. The van der Waals surface area contributed by atoms with Gasteiger partial charge in [0, 0.05) is 10.9 Å². The molecular weight excluding hydrogens is 216 g/mol. The molecule has 1 rings (SSSR count). The van der Waals surface area contributed by atoms with Crippen molar-refractivity contribution in [3.63, 3.8) is 0 Å². The Morgan fingerprint density at radius 2 is 1.94 bits per heavy atom. The zero-order valence-corrected chi connectivity index (χ0v) is 12.2. The second-order valence-corrected chi connectivity index (χ2v) is 6.90. The number of rotatable bonds is 4. The molecule has 0 aliphatic rings. The molecule has 0 spiro atoms. The van der Waals surface area contributed by atoms with Crippen molar-refractivity contribution in [2.24, 2.45) is 5.41 Å². The van der Waals surface area contributed by atoms with Crippen molar-refractivity contribution in [2.75, 3.05) is 6.54 Å². The van der Waals surface area contributed by atoms with E-state index in [-0.39, 0.29) is 0 Å². The van der Waals surface area contributed by atoms with E-state index in [9.17, 15) is 0 Å². The van der Waals surface area contributed by atoms with Gasteiger partial charge in [0.05, 0.1) is 10.7 Å². The van der Waals surface area contributed by atoms with Gasteiger partial charge in [0.1, 0.15) is 0 Å². The molecule has 1 aromatic heterocycles. The Morgan fingerprint density at radius 1 is 1.31 bits per heavy atom. The van der Waals surface area contributed by atoms with Gasteiger partial charge >= 0.3 is 0 Å². The Bertz CT molecular complexity index is 336. The van der Waals surface area contributed by atoms with E-state index in [0.29, 0.717) is 11.5 Å². The molecular formula is C13H24N2S. The van der Waals surface area contributed by atoms with Crippen LogP contribution in [-0.2, 0) is 0 Å². The minimum Gasteiger partial charge on any atom is -0.309 e. The molecule has 0 bridgehead atoms. The number of thiazole rings is 1. The third-order valence-corrected chi connectivity index (χ3v) is 3.91. The van der Waals surface area contributed by atoms with Crippen LogP contribution in [0.3, 0.4) is 0 Å². The molecule has 3 heteroatoms. The second kappa shape index (κ2) is 5.28. The number of aromatic nitrogens is 1. The van der Waals surface area contributed by atoms with E-state index >= 15 is 0 Å². The van der Waals surface area contributed by atoms with Crippen molar-refractivity contribution in [1.29, 1.82) is 0 Å². The quantitative estimate of drug-likeness (QED) is 0.864. The number of aryl methyl sites for hydroxylation is 2. The van der Waals surface area contributed by atoms with E-state index in [0.717, 1.165) is 11.6 Å². The van der Waals surface area contributed by atoms with Crippen molar-refractivity contribution in [1.82, 2.24) is 10.3 Å². The van der Waals surface area contributed by atoms with Crippen molar-refractivity contribution in [2.45, 2.75) is 54.0 Å². The lowest BCUT2D eigenvalue weighted by Crippen LogP contribution is -2.23. The summed E-state index contributed by atoms with van der Waals surface area (Å²) in [5.41, 5.74) is 1.59. The van der Waals surface area contributed by atoms with Gasteiger partial charge in [-0.1, -0.05) is 20.8 Å². The molecule has 1 heterocycles. The van der Waals surface area contributed by atoms with E-state index in [1.54, 1.807) is 11.3 Å². The molecule has 1 atom stereocenters. The van der Waals surface area contributed by atoms with Crippen LogP contribution >= 0.6 is 11.3 Å². The van der Waals surface area contributed by atoms with Gasteiger partial charge < -0.3 is 5.32 Å². The highest BCUT2D eigenvalue weighted by Gasteiger charge is 2.14. The second-order valence-electron chi connectivity index (χ2n) is 5.67. The van der Waals surface area contributed by atoms with Crippen molar-refractivity contribution < 1.29 is 0 Å². The van der Waals surface area contributed by atoms with Crippen molar-refractivity contribution in [3.05, 3.63) is 15.6 Å². The van der Waals surface area contributed by atoms with Gasteiger partial charge in [0.2, 0.25) is 0 Å². The van der Waals surface area contributed by atoms with E-state index in [1.807, 2.05) is 0 Å². The van der Waals surface area contributed by atoms with Crippen LogP contribution in [0.4, 0.5) is 0 Å². The number of hydrogen-bond acceptors (Lipinski definition) is 3. The fourth-order valence-electron chi connectivity index (χ4n) is 1.71. The maximum Gasteiger partial charge on any atom is 0.0900 e. The van der Waals surface area contributed by atoms with E-state index in [1.165, 1.54) is 17.0 Å². The van der Waals surface area contributed by atoms with Crippen LogP contribution in [0.15, 0.2) is 0 Å². The highest BCUT2D eigenvalue weighted by atomic mass is 32.1. The molecule has 0 aliphatic carbocycles. The molecule has 1 aromatic rings. The van der Waals surface area contributed by atoms with Crippen molar-refractivity contribution >= 4 is 11.3 Å². The molecule has 0 amide bonds. The van der Waals surface area contributed by atoms with Crippen LogP contribution in [0, 0.1) is 19.3 Å². The smallest absolute Gasteiger partial charge is 0.0900 e. The minimum absolute atomic E-state index is 0.408. The summed E-state index contributed by atoms with van der Waals surface area (Å²) in [7, 11) is 0. The Balaban J connectivity index is 2.47. The van der Waals surface area contributed by atoms with E-state index < -0.39 is 0 Å². The zero-order chi connectivity index (χ0) is 12.3. The molecule has 1 N–H and O–H groups in total. The minimum atomic E-state index is 0.408. The van der Waals surface area contributed by atoms with Gasteiger partial charge in [0.15, 0.2) is 0 Å². The Hall–Kier alpha value is -0.410. The molecule has 1 unspecified atom stereocenters. The van der Waals surface area contributed by atoms with Crippen LogP contribution in [0.1, 0.15) is 55.7 Å². The van der Waals surface area contributed by atoms with Crippen LogP contribution in [0.5, 0.6) is 0 Å². The maximum atomic E-state index is 4.47. The predicted molar refractivity (Wildman–Crippen MR) is 72.1 cm³/mol. The Labute approximate surface area is 103 Å². The van der Waals surface area contributed by atoms with Gasteiger partial charge in [-0.2, -0.15) is 0 Å². The van der Waals surface area contributed by atoms with Crippen LogP contribution in [-0.4, -0.2) is 11.5 Å². The first kappa shape index (κ1) is 13.7. The Morgan fingerprint density at radius 3 is 2.38 bits per heavy atom. The number of hydrogen-bond donors (Lipinski definition) is 1. The van der Waals surface area contributed by atoms with Gasteiger partial charge in [-0.15, -0.1) is 11.3 Å². The summed E-state index contributed by atoms with van der Waals surface area (Å²) in [6.07, 6.45) is 1.20. The highest BCUT2D eigenvalue weighted by molar-refractivity contribution is 7.11. The number of nitrogens with one attached hydrogen (secondary N) is 1. The monoisotopic (exact) mass is 240 g/mol. The standard InChI is InChI=1S/C13H24N2S/c1-9(14-8-7-13(4,5)6)12-10(2)15-11(3)16-12/h9,14H,7-8H2,1-6H3. The van der Waals surface area contributed by atoms with Crippen LogP contribution in [0.2, 0.25) is 0 Å². The summed E-state index contributed by atoms with van der Waals surface area (Å²) in [5, 5.41) is 4.74. The summed E-state index contributed by atoms with van der Waals surface area (Å²) in [4.78, 5) is 5.85. The summed E-state index contributed by atoms with van der Waals surface area (Å²) in [5.74, 6) is 0. The third kappa shape index (κ3) is 4.22. The van der Waals surface area contributed by atoms with Crippen LogP contribution < -0.4 is 5.32 Å². The van der Waals surface area contributed by atoms with Gasteiger partial charge in [-0.05, 0) is 39.2 Å². The SMILES string of the molecule is Cc1nc(C)c(C(C)NCCC(C)(C)C)s1. The summed E-state index contributed by atoms with van der Waals surface area (Å²) in [6, 6.07) is 0.425. The van der Waals surface area contributed by atoms with Crippen LogP contribution in [0.25, 0.3) is 0 Å². The zero-order valence-electron chi connectivity index (χ0n) is 11.3. The summed E-state index contributed by atoms with van der Waals surface area (Å²) >= 11 is 1.81. The molecule has 0 saturated carbocycles. The average molecular weight is 240 g/mol. The van der Waals surface area contributed by atoms with Gasteiger partial charge in [0.25, 0.3) is 0 Å². The molecule has 2 nitrogen and oxygen atoms in total. The lowest BCUT2D eigenvalue weighted by atomic mass is 9.92. The first-order valence-corrected chi connectivity index (χ1v) is 6.78. The lowest BCUT2D eigenvalue weighted by molar-refractivity contribution is 0.358. The Kier molecular flexibility index (Phi) is 4.51. The molecule has 0 radical (unpaired) electrons. The molecule has 0 saturated heterocycles. The van der Waals surface area contributed by atoms with E-state index in [4.69, 9.17) is 0 Å². The van der Waals surface area contributed by atoms with Gasteiger partial charge in [-0.25, -0.2) is 4.98 Å². The molecule has 0 aliphatic heterocycles. The first-order chi connectivity index (χ1) is 7.29. The normalized spacial score (nSPS) is 14.1. The molecule has 0 aromatic carbocycles. The first-order valence-electron chi connectivity index (χ1n) is 5.97. The van der Waals surface area contributed by atoms with E-state index in [2.05, 4.69) is 51.8 Å². The van der Waals surface area contributed by atoms with Gasteiger partial charge in [-0.3, -0.25) is 0 Å². The topological polar surface area (TPSA) is 24.9 Å². The molecule has 16 heavy (non-hydrogen) atoms. The summed E-state index contributed by atoms with van der Waals surface area (Å²) in [6.45, 7) is 14.3. The fraction of sp³-hybridized carbons (Fsp3) is 0.769. The molecule has 0 fully saturated rings. The maximum absolute atomic E-state index is 4.47. The molecule has 92 valence electrons. The predicted octanol–water partition coefficient (Wildman–Crippen LogP) is 3.85. The fourth-order valence-corrected chi connectivity index (χ4v) is 2.66. The van der Waals surface area contributed by atoms with Crippen molar-refractivity contribution in [3.8, 4) is 0 Å². The summed E-state index contributed by atoms with van der Waals surface area (Å²) < 4.78 is 0. The average Bonchev–Trinajstić information content (AvgIpc) is 2.43. The third-order valence-electron chi connectivity index (χ3n) is 2.66. The highest BCUT2D eigenvalue weighted by Crippen LogP contribution is 2.25. The largest absolute Gasteiger partial charge is 0.309 e.